The molecule has 0 fully saturated rings. The summed E-state index contributed by atoms with van der Waals surface area (Å²) in [6.07, 6.45) is 1.77. The van der Waals surface area contributed by atoms with Gasteiger partial charge in [0.05, 0.1) is 6.61 Å². The van der Waals surface area contributed by atoms with E-state index in [1.165, 1.54) is 0 Å². The van der Waals surface area contributed by atoms with E-state index in [-0.39, 0.29) is 0 Å². The van der Waals surface area contributed by atoms with Gasteiger partial charge in [0.15, 0.2) is 0 Å². The first kappa shape index (κ1) is 10.9. The van der Waals surface area contributed by atoms with Gasteiger partial charge in [-0.2, -0.15) is 0 Å². The molecule has 14 heavy (non-hydrogen) atoms. The van der Waals surface area contributed by atoms with Gasteiger partial charge in [-0.25, -0.2) is 4.98 Å². The van der Waals surface area contributed by atoms with E-state index < -0.39 is 0 Å². The Bertz CT molecular complexity index is 289. The summed E-state index contributed by atoms with van der Waals surface area (Å²) < 4.78 is 4.92. The third-order valence-electron chi connectivity index (χ3n) is 1.94. The van der Waals surface area contributed by atoms with Crippen molar-refractivity contribution in [1.82, 2.24) is 10.3 Å². The average molecular weight is 195 g/mol. The maximum atomic E-state index is 5.72. The largest absolute Gasteiger partial charge is 0.383 e. The summed E-state index contributed by atoms with van der Waals surface area (Å²) in [5, 5.41) is 3.23. The van der Waals surface area contributed by atoms with Crippen molar-refractivity contribution in [3.8, 4) is 0 Å². The molecule has 4 nitrogen and oxygen atoms in total. The van der Waals surface area contributed by atoms with Crippen LogP contribution in [0.3, 0.4) is 0 Å². The third kappa shape index (κ3) is 3.32. The number of anilines is 1. The second kappa shape index (κ2) is 5.57. The van der Waals surface area contributed by atoms with Crippen molar-refractivity contribution >= 4 is 5.82 Å². The number of rotatable bonds is 5. The Hall–Kier alpha value is -1.13. The highest BCUT2D eigenvalue weighted by Gasteiger charge is 1.99. The van der Waals surface area contributed by atoms with Crippen molar-refractivity contribution in [1.29, 1.82) is 0 Å². The van der Waals surface area contributed by atoms with Crippen LogP contribution in [0.5, 0.6) is 0 Å². The minimum Gasteiger partial charge on any atom is -0.383 e. The molecule has 4 heteroatoms. The molecule has 0 radical (unpaired) electrons. The molecule has 0 amide bonds. The van der Waals surface area contributed by atoms with Gasteiger partial charge in [0.25, 0.3) is 0 Å². The molecule has 0 unspecified atom stereocenters. The Morgan fingerprint density at radius 2 is 2.36 bits per heavy atom. The van der Waals surface area contributed by atoms with E-state index in [0.717, 1.165) is 24.2 Å². The highest BCUT2D eigenvalue weighted by atomic mass is 16.5. The molecule has 1 heterocycles. The van der Waals surface area contributed by atoms with Crippen molar-refractivity contribution in [3.05, 3.63) is 23.4 Å². The predicted molar refractivity (Wildman–Crippen MR) is 57.0 cm³/mol. The first-order valence-corrected chi connectivity index (χ1v) is 4.64. The summed E-state index contributed by atoms with van der Waals surface area (Å²) in [4.78, 5) is 4.08. The number of pyridine rings is 1. The van der Waals surface area contributed by atoms with Crippen molar-refractivity contribution in [3.63, 3.8) is 0 Å². The molecule has 1 aromatic rings. The number of ether oxygens (including phenoxy) is 1. The second-order valence-corrected chi connectivity index (χ2v) is 3.23. The highest BCUT2D eigenvalue weighted by Crippen LogP contribution is 2.09. The number of hydrogen-bond donors (Lipinski definition) is 2. The number of aryl methyl sites for hydroxylation is 1. The summed E-state index contributed by atoms with van der Waals surface area (Å²) in [6.45, 7) is 4.28. The molecule has 0 spiro atoms. The first-order valence-electron chi connectivity index (χ1n) is 4.64. The average Bonchev–Trinajstić information content (AvgIpc) is 2.18. The van der Waals surface area contributed by atoms with Crippen LogP contribution in [0.4, 0.5) is 5.82 Å². The standard InChI is InChI=1S/C10H17N3O/c1-8-5-9(10(11)13-6-8)7-12-3-4-14-2/h5-6,12H,3-4,7H2,1-2H3,(H2,11,13). The molecule has 0 aromatic carbocycles. The smallest absolute Gasteiger partial charge is 0.127 e. The number of nitrogen functional groups attached to an aromatic ring is 1. The molecule has 0 bridgehead atoms. The van der Waals surface area contributed by atoms with Crippen molar-refractivity contribution in [2.75, 3.05) is 26.0 Å². The normalized spacial score (nSPS) is 10.4. The van der Waals surface area contributed by atoms with Gasteiger partial charge in [-0.3, -0.25) is 0 Å². The lowest BCUT2D eigenvalue weighted by Gasteiger charge is -2.07. The Morgan fingerprint density at radius 1 is 1.57 bits per heavy atom. The Balaban J connectivity index is 2.45. The summed E-state index contributed by atoms with van der Waals surface area (Å²) in [6, 6.07) is 2.04. The molecule has 3 N–H and O–H groups in total. The van der Waals surface area contributed by atoms with Gasteiger partial charge < -0.3 is 15.8 Å². The molecule has 0 saturated heterocycles. The maximum absolute atomic E-state index is 5.72. The summed E-state index contributed by atoms with van der Waals surface area (Å²) in [7, 11) is 1.68. The highest BCUT2D eigenvalue weighted by molar-refractivity contribution is 5.40. The number of aromatic nitrogens is 1. The van der Waals surface area contributed by atoms with Crippen LogP contribution in [0.15, 0.2) is 12.3 Å². The lowest BCUT2D eigenvalue weighted by Crippen LogP contribution is -2.19. The van der Waals surface area contributed by atoms with E-state index in [4.69, 9.17) is 10.5 Å². The van der Waals surface area contributed by atoms with E-state index in [1.54, 1.807) is 13.3 Å². The fourth-order valence-electron chi connectivity index (χ4n) is 1.18. The number of nitrogens with zero attached hydrogens (tertiary/aromatic N) is 1. The summed E-state index contributed by atoms with van der Waals surface area (Å²) >= 11 is 0. The van der Waals surface area contributed by atoms with Crippen LogP contribution in [0.2, 0.25) is 0 Å². The Labute approximate surface area is 84.5 Å². The van der Waals surface area contributed by atoms with Gasteiger partial charge in [0.1, 0.15) is 5.82 Å². The lowest BCUT2D eigenvalue weighted by atomic mass is 10.2. The predicted octanol–water partition coefficient (Wildman–Crippen LogP) is 0.708. The molecular formula is C10H17N3O. The van der Waals surface area contributed by atoms with Crippen LogP contribution in [-0.2, 0) is 11.3 Å². The molecular weight excluding hydrogens is 178 g/mol. The number of nitrogens with two attached hydrogens (primary N) is 1. The fourth-order valence-corrected chi connectivity index (χ4v) is 1.18. The van der Waals surface area contributed by atoms with Crippen LogP contribution in [0.25, 0.3) is 0 Å². The van der Waals surface area contributed by atoms with Gasteiger partial charge in [0.2, 0.25) is 0 Å². The van der Waals surface area contributed by atoms with Gasteiger partial charge >= 0.3 is 0 Å². The zero-order chi connectivity index (χ0) is 10.4. The maximum Gasteiger partial charge on any atom is 0.127 e. The lowest BCUT2D eigenvalue weighted by molar-refractivity contribution is 0.199. The van der Waals surface area contributed by atoms with Crippen molar-refractivity contribution < 1.29 is 4.74 Å². The zero-order valence-corrected chi connectivity index (χ0v) is 8.71. The molecule has 1 aromatic heterocycles. The van der Waals surface area contributed by atoms with E-state index in [2.05, 4.69) is 10.3 Å². The third-order valence-corrected chi connectivity index (χ3v) is 1.94. The Kier molecular flexibility index (Phi) is 4.35. The molecule has 0 saturated carbocycles. The fraction of sp³-hybridized carbons (Fsp3) is 0.500. The van der Waals surface area contributed by atoms with Gasteiger partial charge in [0, 0.05) is 32.0 Å². The zero-order valence-electron chi connectivity index (χ0n) is 8.71. The number of nitrogens with one attached hydrogen (secondary N) is 1. The minimum absolute atomic E-state index is 0.598. The molecule has 0 aliphatic carbocycles. The van der Waals surface area contributed by atoms with Crippen LogP contribution in [0, 0.1) is 6.92 Å². The molecule has 78 valence electrons. The second-order valence-electron chi connectivity index (χ2n) is 3.23. The SMILES string of the molecule is COCCNCc1cc(C)cnc1N. The van der Waals surface area contributed by atoms with Crippen molar-refractivity contribution in [2.24, 2.45) is 0 Å². The Morgan fingerprint density at radius 3 is 3.07 bits per heavy atom. The topological polar surface area (TPSA) is 60.2 Å². The molecule has 0 aliphatic heterocycles. The molecule has 1 rings (SSSR count). The van der Waals surface area contributed by atoms with E-state index in [1.807, 2.05) is 13.0 Å². The monoisotopic (exact) mass is 195 g/mol. The van der Waals surface area contributed by atoms with E-state index in [0.29, 0.717) is 12.4 Å². The van der Waals surface area contributed by atoms with Crippen molar-refractivity contribution in [2.45, 2.75) is 13.5 Å². The first-order chi connectivity index (χ1) is 6.74. The quantitative estimate of drug-likeness (QED) is 0.679. The van der Waals surface area contributed by atoms with Crippen LogP contribution in [-0.4, -0.2) is 25.2 Å². The molecule has 0 atom stereocenters. The van der Waals surface area contributed by atoms with Crippen LogP contribution >= 0.6 is 0 Å². The van der Waals surface area contributed by atoms with Gasteiger partial charge in [-0.05, 0) is 18.6 Å². The number of methoxy groups -OCH3 is 1. The minimum atomic E-state index is 0.598. The number of hydrogen-bond acceptors (Lipinski definition) is 4. The summed E-state index contributed by atoms with van der Waals surface area (Å²) in [5.41, 5.74) is 7.89. The van der Waals surface area contributed by atoms with E-state index >= 15 is 0 Å². The molecule has 0 aliphatic rings. The van der Waals surface area contributed by atoms with Gasteiger partial charge in [-0.15, -0.1) is 0 Å². The van der Waals surface area contributed by atoms with E-state index in [9.17, 15) is 0 Å². The van der Waals surface area contributed by atoms with Crippen LogP contribution in [0.1, 0.15) is 11.1 Å². The van der Waals surface area contributed by atoms with Crippen LogP contribution < -0.4 is 11.1 Å². The van der Waals surface area contributed by atoms with Gasteiger partial charge in [-0.1, -0.05) is 0 Å². The summed E-state index contributed by atoms with van der Waals surface area (Å²) in [5.74, 6) is 0.598.